The molecule has 0 aliphatic heterocycles. The topological polar surface area (TPSA) is 17.1 Å². The maximum Gasteiger partial charge on any atom is 0.123 e. The number of halogens is 1. The van der Waals surface area contributed by atoms with Crippen LogP contribution in [0.5, 0.6) is 0 Å². The van der Waals surface area contributed by atoms with Gasteiger partial charge in [0, 0.05) is 0 Å². The number of benzene rings is 1. The molecule has 1 nitrogen and oxygen atoms in total. The summed E-state index contributed by atoms with van der Waals surface area (Å²) < 4.78 is 12.4. The van der Waals surface area contributed by atoms with E-state index in [1.165, 1.54) is 12.1 Å². The highest BCUT2D eigenvalue weighted by molar-refractivity contribution is 6.19. The number of carbonyl (C=O) groups excluding carboxylic acids is 1. The van der Waals surface area contributed by atoms with Crippen LogP contribution in [0, 0.1) is 5.82 Å². The molecular weight excluding hydrogens is 154 g/mol. The fraction of sp³-hybridized carbons (Fsp3) is 0.222. The Labute approximate surface area is 72.0 Å². The molecule has 1 unspecified atom stereocenters. The Morgan fingerprint density at radius 1 is 1.42 bits per heavy atom. The minimum Gasteiger partial charge on any atom is -0.304 e. The molecule has 3 heteroatoms. The monoisotopic (exact) mass is 164 g/mol. The Kier molecular flexibility index (Phi) is 3.03. The molecule has 0 aliphatic carbocycles. The average molecular weight is 164 g/mol. The Bertz CT molecular complexity index is 258. The van der Waals surface area contributed by atoms with Crippen LogP contribution < -0.4 is 0 Å². The summed E-state index contributed by atoms with van der Waals surface area (Å²) in [7, 11) is 1.84. The largest absolute Gasteiger partial charge is 0.304 e. The van der Waals surface area contributed by atoms with Gasteiger partial charge >= 0.3 is 0 Å². The van der Waals surface area contributed by atoms with Crippen LogP contribution in [0.1, 0.15) is 5.56 Å². The molecule has 0 radical (unpaired) electrons. The first-order valence-corrected chi connectivity index (χ1v) is 3.92. The van der Waals surface area contributed by atoms with Gasteiger partial charge in [0.1, 0.15) is 19.9 Å². The van der Waals surface area contributed by atoms with Gasteiger partial charge in [-0.2, -0.15) is 0 Å². The Hall–Kier alpha value is -1.12. The lowest BCUT2D eigenvalue weighted by Gasteiger charge is -2.02. The normalized spacial score (nSPS) is 12.4. The Morgan fingerprint density at radius 3 is 2.50 bits per heavy atom. The molecule has 12 heavy (non-hydrogen) atoms. The molecule has 1 aromatic rings. The third-order valence-electron chi connectivity index (χ3n) is 1.70. The van der Waals surface area contributed by atoms with Crippen molar-refractivity contribution in [3.63, 3.8) is 0 Å². The summed E-state index contributed by atoms with van der Waals surface area (Å²) in [5.41, 5.74) is 0.996. The average Bonchev–Trinajstić information content (AvgIpc) is 2.09. The lowest BCUT2D eigenvalue weighted by atomic mass is 9.83. The van der Waals surface area contributed by atoms with Crippen molar-refractivity contribution in [3.8, 4) is 0 Å². The lowest BCUT2D eigenvalue weighted by Crippen LogP contribution is -1.98. The summed E-state index contributed by atoms with van der Waals surface area (Å²) in [6.45, 7) is 0. The van der Waals surface area contributed by atoms with Gasteiger partial charge in [-0.25, -0.2) is 4.39 Å². The van der Waals surface area contributed by atoms with Crippen LogP contribution in [0.3, 0.4) is 0 Å². The first-order valence-electron chi connectivity index (χ1n) is 3.92. The van der Waals surface area contributed by atoms with E-state index in [4.69, 9.17) is 0 Å². The van der Waals surface area contributed by atoms with Gasteiger partial charge in [0.25, 0.3) is 0 Å². The molecule has 0 spiro atoms. The van der Waals surface area contributed by atoms with Gasteiger partial charge in [-0.15, -0.1) is 0 Å². The highest BCUT2D eigenvalue weighted by Crippen LogP contribution is 2.09. The zero-order valence-corrected chi connectivity index (χ0v) is 6.96. The Balaban J connectivity index is 2.64. The maximum absolute atomic E-state index is 12.4. The standard InChI is InChI=1S/C9H10BFO/c10-8(6-12)5-7-1-3-9(11)4-2-7/h1-4,6,8H,5,10H2. The summed E-state index contributed by atoms with van der Waals surface area (Å²) in [4.78, 5) is 10.3. The van der Waals surface area contributed by atoms with Gasteiger partial charge in [-0.05, 0) is 29.9 Å². The zero-order valence-electron chi connectivity index (χ0n) is 6.96. The molecule has 0 aliphatic rings. The van der Waals surface area contributed by atoms with Crippen molar-refractivity contribution >= 4 is 14.1 Å². The van der Waals surface area contributed by atoms with E-state index < -0.39 is 0 Å². The van der Waals surface area contributed by atoms with Crippen molar-refractivity contribution in [2.24, 2.45) is 0 Å². The van der Waals surface area contributed by atoms with E-state index in [9.17, 15) is 9.18 Å². The van der Waals surface area contributed by atoms with E-state index in [2.05, 4.69) is 0 Å². The van der Waals surface area contributed by atoms with Crippen molar-refractivity contribution in [2.45, 2.75) is 12.2 Å². The first-order chi connectivity index (χ1) is 5.72. The molecule has 0 aromatic heterocycles. The van der Waals surface area contributed by atoms with Gasteiger partial charge in [0.15, 0.2) is 0 Å². The molecule has 0 saturated carbocycles. The minimum atomic E-state index is -0.238. The van der Waals surface area contributed by atoms with Crippen LogP contribution in [0.4, 0.5) is 4.39 Å². The van der Waals surface area contributed by atoms with Crippen molar-refractivity contribution in [1.82, 2.24) is 0 Å². The smallest absolute Gasteiger partial charge is 0.123 e. The van der Waals surface area contributed by atoms with Crippen LogP contribution in [0.25, 0.3) is 0 Å². The quantitative estimate of drug-likeness (QED) is 0.480. The summed E-state index contributed by atoms with van der Waals surface area (Å²) in [6, 6.07) is 6.23. The van der Waals surface area contributed by atoms with E-state index in [1.807, 2.05) is 7.85 Å². The molecule has 0 N–H and O–H groups in total. The molecule has 0 amide bonds. The van der Waals surface area contributed by atoms with E-state index in [0.29, 0.717) is 6.42 Å². The summed E-state index contributed by atoms with van der Waals surface area (Å²) >= 11 is 0. The zero-order chi connectivity index (χ0) is 8.97. The van der Waals surface area contributed by atoms with Gasteiger partial charge in [0.05, 0.1) is 0 Å². The lowest BCUT2D eigenvalue weighted by molar-refractivity contribution is -0.107. The molecule has 62 valence electrons. The van der Waals surface area contributed by atoms with E-state index in [0.717, 1.165) is 11.8 Å². The highest BCUT2D eigenvalue weighted by Gasteiger charge is 2.01. The molecule has 0 bridgehead atoms. The Morgan fingerprint density at radius 2 is 2.00 bits per heavy atom. The predicted molar refractivity (Wildman–Crippen MR) is 48.5 cm³/mol. The third-order valence-corrected chi connectivity index (χ3v) is 1.70. The number of rotatable bonds is 3. The van der Waals surface area contributed by atoms with Crippen LogP contribution in [0.2, 0.25) is 5.82 Å². The second-order valence-corrected chi connectivity index (χ2v) is 2.94. The fourth-order valence-corrected chi connectivity index (χ4v) is 1.04. The van der Waals surface area contributed by atoms with Gasteiger partial charge < -0.3 is 4.79 Å². The first kappa shape index (κ1) is 8.98. The number of hydrogen-bond donors (Lipinski definition) is 0. The molecule has 0 saturated heterocycles. The molecule has 0 fully saturated rings. The highest BCUT2D eigenvalue weighted by atomic mass is 19.1. The summed E-state index contributed by atoms with van der Waals surface area (Å²) in [6.07, 6.45) is 1.59. The second-order valence-electron chi connectivity index (χ2n) is 2.94. The SMILES string of the molecule is BC(C=O)Cc1ccc(F)cc1. The third kappa shape index (κ3) is 2.49. The van der Waals surface area contributed by atoms with Crippen molar-refractivity contribution < 1.29 is 9.18 Å². The number of carbonyl (C=O) groups is 1. The van der Waals surface area contributed by atoms with Gasteiger partial charge in [-0.3, -0.25) is 0 Å². The van der Waals surface area contributed by atoms with Crippen molar-refractivity contribution in [2.75, 3.05) is 0 Å². The summed E-state index contributed by atoms with van der Waals surface area (Å²) in [5.74, 6) is -0.229. The second kappa shape index (κ2) is 4.05. The molecular formula is C9H10BFO. The van der Waals surface area contributed by atoms with Crippen LogP contribution in [0.15, 0.2) is 24.3 Å². The van der Waals surface area contributed by atoms with Crippen LogP contribution in [-0.2, 0) is 11.2 Å². The summed E-state index contributed by atoms with van der Waals surface area (Å²) in [5, 5.41) is 0. The van der Waals surface area contributed by atoms with Crippen LogP contribution in [-0.4, -0.2) is 14.1 Å². The van der Waals surface area contributed by atoms with E-state index in [-0.39, 0.29) is 11.6 Å². The molecule has 1 rings (SSSR count). The number of hydrogen-bond acceptors (Lipinski definition) is 1. The van der Waals surface area contributed by atoms with E-state index >= 15 is 0 Å². The minimum absolute atomic E-state index is 0.00969. The van der Waals surface area contributed by atoms with Crippen molar-refractivity contribution in [3.05, 3.63) is 35.6 Å². The van der Waals surface area contributed by atoms with Crippen LogP contribution >= 0.6 is 0 Å². The molecule has 0 heterocycles. The van der Waals surface area contributed by atoms with Gasteiger partial charge in [-0.1, -0.05) is 12.1 Å². The number of aldehydes is 1. The van der Waals surface area contributed by atoms with Crippen molar-refractivity contribution in [1.29, 1.82) is 0 Å². The van der Waals surface area contributed by atoms with Gasteiger partial charge in [0.2, 0.25) is 0 Å². The maximum atomic E-state index is 12.4. The predicted octanol–water partition coefficient (Wildman–Crippen LogP) is 0.989. The van der Waals surface area contributed by atoms with E-state index in [1.54, 1.807) is 12.1 Å². The fourth-order valence-electron chi connectivity index (χ4n) is 1.04. The molecule has 1 atom stereocenters. The molecule has 1 aromatic carbocycles.